The summed E-state index contributed by atoms with van der Waals surface area (Å²) in [5, 5.41) is 0. The van der Waals surface area contributed by atoms with E-state index in [-0.39, 0.29) is 0 Å². The first-order valence-electron chi connectivity index (χ1n) is 1.62. The topological polar surface area (TPSA) is 37.3 Å². The molecular weight excluding hydrogens is 131 g/mol. The Labute approximate surface area is 47.2 Å². The molecule has 0 aromatic carbocycles. The van der Waals surface area contributed by atoms with E-state index in [9.17, 15) is 4.57 Å². The van der Waals surface area contributed by atoms with E-state index in [0.717, 1.165) is 11.4 Å². The average molecular weight is 137 g/mol. The summed E-state index contributed by atoms with van der Waals surface area (Å²) in [6.45, 7) is 5.10. The third kappa shape index (κ3) is 6.15. The minimum atomic E-state index is -2.07. The van der Waals surface area contributed by atoms with Crippen LogP contribution in [0.15, 0.2) is 11.5 Å². The Hall–Kier alpha value is 0.150. The van der Waals surface area contributed by atoms with Crippen LogP contribution < -0.4 is 0 Å². The van der Waals surface area contributed by atoms with Gasteiger partial charge in [-0.1, -0.05) is 6.58 Å². The summed E-state index contributed by atoms with van der Waals surface area (Å²) in [5.41, 5.74) is 0. The van der Waals surface area contributed by atoms with Crippen molar-refractivity contribution < 1.29 is 9.46 Å². The third-order valence-electron chi connectivity index (χ3n) is 0.234. The lowest BCUT2D eigenvalue weighted by molar-refractivity contribution is 0.519. The Morgan fingerprint density at radius 2 is 2.43 bits per heavy atom. The van der Waals surface area contributed by atoms with Crippen LogP contribution in [0, 0.1) is 0 Å². The number of hydrogen-bond donors (Lipinski definition) is 1. The largest absolute Gasteiger partial charge is 0.587 e. The summed E-state index contributed by atoms with van der Waals surface area (Å²) in [6.07, 6.45) is 0. The highest BCUT2D eigenvalue weighted by Crippen LogP contribution is 2.37. The molecule has 0 spiro atoms. The Balaban J connectivity index is 3.32. The minimum Gasteiger partial charge on any atom is -0.150 e. The maximum absolute atomic E-state index is 9.86. The molecule has 1 unspecified atom stereocenters. The smallest absolute Gasteiger partial charge is 0.150 e. The molecule has 0 aromatic heterocycles. The normalized spacial score (nSPS) is 10.9. The fraction of sp³-hybridized carbons (Fsp3) is 0.333. The molecular formula is C3H6O2PS+. The van der Waals surface area contributed by atoms with Gasteiger partial charge in [-0.05, 0) is 11.5 Å². The van der Waals surface area contributed by atoms with Gasteiger partial charge in [-0.3, -0.25) is 0 Å². The summed E-state index contributed by atoms with van der Waals surface area (Å²) in [4.78, 5) is 8.80. The predicted octanol–water partition coefficient (Wildman–Crippen LogP) is 1.90. The van der Waals surface area contributed by atoms with Gasteiger partial charge in [0.05, 0.1) is 0 Å². The zero-order valence-electron chi connectivity index (χ0n) is 3.92. The van der Waals surface area contributed by atoms with E-state index < -0.39 is 7.23 Å². The average Bonchev–Trinajstić information content (AvgIpc) is 1.27. The lowest BCUT2D eigenvalue weighted by Gasteiger charge is -1.72. The van der Waals surface area contributed by atoms with Gasteiger partial charge in [0.15, 0.2) is 11.4 Å². The van der Waals surface area contributed by atoms with Crippen molar-refractivity contribution in [2.75, 3.05) is 0 Å². The first kappa shape index (κ1) is 7.15. The lowest BCUT2D eigenvalue weighted by atomic mass is 10.8. The van der Waals surface area contributed by atoms with Crippen molar-refractivity contribution in [2.24, 2.45) is 0 Å². The van der Waals surface area contributed by atoms with Crippen LogP contribution in [0.4, 0.5) is 0 Å². The first-order valence-corrected chi connectivity index (χ1v) is 4.26. The van der Waals surface area contributed by atoms with Gasteiger partial charge in [-0.15, -0.1) is 0 Å². The maximum Gasteiger partial charge on any atom is 0.587 e. The van der Waals surface area contributed by atoms with Crippen molar-refractivity contribution in [2.45, 2.75) is 6.92 Å². The van der Waals surface area contributed by atoms with Crippen LogP contribution >= 0.6 is 18.6 Å². The highest BCUT2D eigenvalue weighted by Gasteiger charge is 2.11. The first-order chi connectivity index (χ1) is 3.13. The Morgan fingerprint density at radius 1 is 2.00 bits per heavy atom. The summed E-state index contributed by atoms with van der Waals surface area (Å²) in [6, 6.07) is 0. The number of rotatable bonds is 2. The van der Waals surface area contributed by atoms with E-state index in [1.54, 1.807) is 6.92 Å². The molecule has 7 heavy (non-hydrogen) atoms. The van der Waals surface area contributed by atoms with E-state index in [2.05, 4.69) is 6.58 Å². The Morgan fingerprint density at radius 3 is 2.43 bits per heavy atom. The van der Waals surface area contributed by atoms with Crippen LogP contribution in [0.5, 0.6) is 0 Å². The van der Waals surface area contributed by atoms with E-state index >= 15 is 0 Å². The number of hydrogen-bond acceptors (Lipinski definition) is 2. The van der Waals surface area contributed by atoms with E-state index in [4.69, 9.17) is 4.89 Å². The van der Waals surface area contributed by atoms with E-state index in [0.29, 0.717) is 4.91 Å². The zero-order valence-corrected chi connectivity index (χ0v) is 5.63. The summed E-state index contributed by atoms with van der Waals surface area (Å²) >= 11 is 0.880. The van der Waals surface area contributed by atoms with Gasteiger partial charge in [-0.25, -0.2) is 0 Å². The van der Waals surface area contributed by atoms with Gasteiger partial charge in [0.1, 0.15) is 0 Å². The van der Waals surface area contributed by atoms with Crippen LogP contribution in [0.2, 0.25) is 0 Å². The standard InChI is InChI=1S/C3H5O2PS/c1-3(2)7-6(4)5/h1H2,2H3/p+1. The molecule has 0 bridgehead atoms. The zero-order chi connectivity index (χ0) is 5.86. The molecule has 0 saturated heterocycles. The second-order valence-corrected chi connectivity index (χ2v) is 3.87. The second-order valence-electron chi connectivity index (χ2n) is 1.03. The quantitative estimate of drug-likeness (QED) is 0.590. The highest BCUT2D eigenvalue weighted by atomic mass is 32.7. The van der Waals surface area contributed by atoms with Gasteiger partial charge in [-0.2, -0.15) is 4.89 Å². The minimum absolute atomic E-state index is 0.670. The van der Waals surface area contributed by atoms with Crippen LogP contribution in [0.1, 0.15) is 6.92 Å². The molecule has 0 fully saturated rings. The predicted molar refractivity (Wildman–Crippen MR) is 32.2 cm³/mol. The summed E-state index contributed by atoms with van der Waals surface area (Å²) in [7, 11) is -2.07. The van der Waals surface area contributed by atoms with Crippen molar-refractivity contribution in [1.29, 1.82) is 0 Å². The van der Waals surface area contributed by atoms with Crippen molar-refractivity contribution in [3.8, 4) is 0 Å². The van der Waals surface area contributed by atoms with Crippen LogP contribution in [0.25, 0.3) is 0 Å². The molecule has 0 aliphatic carbocycles. The van der Waals surface area contributed by atoms with Crippen LogP contribution in [-0.4, -0.2) is 4.89 Å². The third-order valence-corrected chi connectivity index (χ3v) is 2.11. The molecule has 0 heterocycles. The monoisotopic (exact) mass is 137 g/mol. The molecule has 0 aliphatic heterocycles. The van der Waals surface area contributed by atoms with Crippen LogP contribution in [0.3, 0.4) is 0 Å². The molecule has 0 radical (unpaired) electrons. The molecule has 0 aromatic rings. The van der Waals surface area contributed by atoms with Crippen molar-refractivity contribution >= 4 is 18.6 Å². The fourth-order valence-corrected chi connectivity index (χ4v) is 1.20. The molecule has 0 rings (SSSR count). The van der Waals surface area contributed by atoms with Gasteiger partial charge in [0, 0.05) is 4.91 Å². The number of allylic oxidation sites excluding steroid dienone is 1. The molecule has 0 amide bonds. The molecule has 2 nitrogen and oxygen atoms in total. The highest BCUT2D eigenvalue weighted by molar-refractivity contribution is 8.52. The maximum atomic E-state index is 9.86. The van der Waals surface area contributed by atoms with E-state index in [1.165, 1.54) is 0 Å². The molecule has 0 saturated carbocycles. The summed E-state index contributed by atoms with van der Waals surface area (Å²) in [5.74, 6) is 0. The lowest BCUT2D eigenvalue weighted by Crippen LogP contribution is -1.51. The van der Waals surface area contributed by atoms with Crippen molar-refractivity contribution in [3.05, 3.63) is 11.5 Å². The Bertz CT molecular complexity index is 89.1. The molecule has 1 N–H and O–H groups in total. The van der Waals surface area contributed by atoms with Crippen molar-refractivity contribution in [3.63, 3.8) is 0 Å². The van der Waals surface area contributed by atoms with Gasteiger partial charge < -0.3 is 0 Å². The molecule has 40 valence electrons. The summed E-state index contributed by atoms with van der Waals surface area (Å²) < 4.78 is 9.86. The fourth-order valence-electron chi connectivity index (χ4n) is 0.133. The SMILES string of the molecule is C=C(C)S[P+](=O)O. The molecule has 4 heteroatoms. The second kappa shape index (κ2) is 3.19. The van der Waals surface area contributed by atoms with Crippen molar-refractivity contribution in [1.82, 2.24) is 0 Å². The van der Waals surface area contributed by atoms with E-state index in [1.807, 2.05) is 0 Å². The van der Waals surface area contributed by atoms with Crippen LogP contribution in [-0.2, 0) is 4.57 Å². The van der Waals surface area contributed by atoms with Gasteiger partial charge in [0.2, 0.25) is 0 Å². The van der Waals surface area contributed by atoms with Gasteiger partial charge in [0.25, 0.3) is 0 Å². The molecule has 0 aliphatic rings. The Kier molecular flexibility index (Phi) is 3.26. The molecule has 1 atom stereocenters. The van der Waals surface area contributed by atoms with Gasteiger partial charge >= 0.3 is 7.23 Å².